The molecule has 0 aliphatic carbocycles. The van der Waals surface area contributed by atoms with E-state index in [1.807, 2.05) is 0 Å². The van der Waals surface area contributed by atoms with E-state index in [1.165, 1.54) is 25.7 Å². The summed E-state index contributed by atoms with van der Waals surface area (Å²) in [6.07, 6.45) is 6.17. The van der Waals surface area contributed by atoms with Crippen molar-refractivity contribution >= 4 is 32.6 Å². The maximum Gasteiger partial charge on any atom is 0.205 e. The van der Waals surface area contributed by atoms with Gasteiger partial charge in [-0.25, -0.2) is 4.98 Å². The molecule has 3 nitrogen and oxygen atoms in total. The molecule has 5 heteroatoms. The van der Waals surface area contributed by atoms with E-state index in [1.54, 1.807) is 11.5 Å². The minimum absolute atomic E-state index is 0.597. The summed E-state index contributed by atoms with van der Waals surface area (Å²) >= 11 is 5.18. The van der Waals surface area contributed by atoms with Crippen molar-refractivity contribution in [3.63, 3.8) is 0 Å². The molecule has 2 heterocycles. The van der Waals surface area contributed by atoms with E-state index in [2.05, 4.69) is 37.1 Å². The van der Waals surface area contributed by atoms with Crippen molar-refractivity contribution in [1.29, 1.82) is 0 Å². The first-order valence-electron chi connectivity index (χ1n) is 6.00. The average Bonchev–Trinajstić information content (AvgIpc) is 2.66. The molecule has 0 saturated carbocycles. The third-order valence-electron chi connectivity index (χ3n) is 3.07. The van der Waals surface area contributed by atoms with Crippen molar-refractivity contribution < 1.29 is 0 Å². The number of alkyl halides is 1. The van der Waals surface area contributed by atoms with Crippen LogP contribution >= 0.6 is 27.5 Å². The van der Waals surface area contributed by atoms with Gasteiger partial charge >= 0.3 is 0 Å². The fourth-order valence-electron chi connectivity index (χ4n) is 2.09. The van der Waals surface area contributed by atoms with Crippen LogP contribution in [0.2, 0.25) is 0 Å². The number of aromatic nitrogens is 2. The Labute approximate surface area is 110 Å². The van der Waals surface area contributed by atoms with E-state index in [9.17, 15) is 0 Å². The molecule has 0 bridgehead atoms. The fourth-order valence-corrected chi connectivity index (χ4v) is 3.62. The van der Waals surface area contributed by atoms with Crippen LogP contribution < -0.4 is 4.90 Å². The lowest BCUT2D eigenvalue weighted by atomic mass is 10.1. The zero-order chi connectivity index (χ0) is 11.4. The van der Waals surface area contributed by atoms with Gasteiger partial charge in [-0.15, -0.1) is 0 Å². The van der Waals surface area contributed by atoms with Crippen LogP contribution in [0.25, 0.3) is 0 Å². The van der Waals surface area contributed by atoms with E-state index in [0.717, 1.165) is 29.3 Å². The van der Waals surface area contributed by atoms with E-state index < -0.39 is 0 Å². The number of aryl methyl sites for hydroxylation is 1. The summed E-state index contributed by atoms with van der Waals surface area (Å²) in [6.45, 7) is 3.24. The van der Waals surface area contributed by atoms with Crippen LogP contribution in [-0.2, 0) is 6.42 Å². The number of rotatable bonds is 3. The van der Waals surface area contributed by atoms with Gasteiger partial charge in [0.1, 0.15) is 5.82 Å². The molecule has 0 amide bonds. The van der Waals surface area contributed by atoms with Crippen molar-refractivity contribution in [2.45, 2.75) is 45.1 Å². The number of hydrogen-bond donors (Lipinski definition) is 0. The highest BCUT2D eigenvalue weighted by molar-refractivity contribution is 9.09. The van der Waals surface area contributed by atoms with Gasteiger partial charge in [0.2, 0.25) is 5.13 Å². The maximum absolute atomic E-state index is 4.60. The molecule has 1 aliphatic heterocycles. The van der Waals surface area contributed by atoms with E-state index >= 15 is 0 Å². The predicted molar refractivity (Wildman–Crippen MR) is 72.7 cm³/mol. The topological polar surface area (TPSA) is 29.0 Å². The van der Waals surface area contributed by atoms with Crippen molar-refractivity contribution in [2.75, 3.05) is 16.8 Å². The Morgan fingerprint density at radius 1 is 1.44 bits per heavy atom. The van der Waals surface area contributed by atoms with Crippen LogP contribution in [0.15, 0.2) is 0 Å². The summed E-state index contributed by atoms with van der Waals surface area (Å²) in [7, 11) is 0. The number of hydrogen-bond acceptors (Lipinski definition) is 4. The Kier molecular flexibility index (Phi) is 4.58. The van der Waals surface area contributed by atoms with Crippen LogP contribution in [0.3, 0.4) is 0 Å². The lowest BCUT2D eigenvalue weighted by Gasteiger charge is -2.27. The normalized spacial score (nSPS) is 22.1. The second-order valence-corrected chi connectivity index (χ2v) is 5.58. The molecule has 1 aromatic heterocycles. The smallest absolute Gasteiger partial charge is 0.205 e. The number of halogens is 1. The van der Waals surface area contributed by atoms with Crippen LogP contribution in [0.1, 0.15) is 38.4 Å². The lowest BCUT2D eigenvalue weighted by Crippen LogP contribution is -2.36. The quantitative estimate of drug-likeness (QED) is 0.803. The summed E-state index contributed by atoms with van der Waals surface area (Å²) in [6, 6.07) is 0.597. The highest BCUT2D eigenvalue weighted by Crippen LogP contribution is 2.26. The molecule has 1 aliphatic rings. The van der Waals surface area contributed by atoms with Gasteiger partial charge in [-0.05, 0) is 12.8 Å². The Bertz CT molecular complexity index is 329. The molecular formula is C11H18BrN3S. The van der Waals surface area contributed by atoms with Gasteiger partial charge in [-0.2, -0.15) is 4.37 Å². The van der Waals surface area contributed by atoms with Crippen molar-refractivity contribution in [3.05, 3.63) is 5.82 Å². The Morgan fingerprint density at radius 3 is 3.00 bits per heavy atom. The third-order valence-corrected chi connectivity index (χ3v) is 4.61. The Hall–Kier alpha value is -0.160. The molecule has 0 spiro atoms. The maximum atomic E-state index is 4.60. The van der Waals surface area contributed by atoms with Crippen LogP contribution in [0, 0.1) is 0 Å². The molecular weight excluding hydrogens is 286 g/mol. The zero-order valence-electron chi connectivity index (χ0n) is 9.65. The molecule has 1 saturated heterocycles. The van der Waals surface area contributed by atoms with Gasteiger partial charge in [-0.3, -0.25) is 0 Å². The molecule has 1 atom stereocenters. The first-order valence-corrected chi connectivity index (χ1v) is 7.89. The molecule has 1 aromatic rings. The van der Waals surface area contributed by atoms with Crippen molar-refractivity contribution in [3.8, 4) is 0 Å². The van der Waals surface area contributed by atoms with Gasteiger partial charge in [-0.1, -0.05) is 35.7 Å². The standard InChI is InChI=1S/C11H18BrN3S/c1-2-10-13-11(16-14-10)15-7-5-3-4-6-9(15)8-12/h9H,2-8H2,1H3. The first-order chi connectivity index (χ1) is 7.85. The molecule has 16 heavy (non-hydrogen) atoms. The largest absolute Gasteiger partial charge is 0.343 e. The van der Waals surface area contributed by atoms with E-state index in [-0.39, 0.29) is 0 Å². The molecule has 0 aromatic carbocycles. The second kappa shape index (κ2) is 5.96. The van der Waals surface area contributed by atoms with Gasteiger partial charge in [0, 0.05) is 35.9 Å². The first kappa shape index (κ1) is 12.3. The van der Waals surface area contributed by atoms with E-state index in [0.29, 0.717) is 6.04 Å². The minimum Gasteiger partial charge on any atom is -0.343 e. The van der Waals surface area contributed by atoms with E-state index in [4.69, 9.17) is 0 Å². The summed E-state index contributed by atoms with van der Waals surface area (Å²) in [5.41, 5.74) is 0. The molecule has 0 radical (unpaired) electrons. The molecule has 1 fully saturated rings. The van der Waals surface area contributed by atoms with Crippen LogP contribution in [-0.4, -0.2) is 27.3 Å². The molecule has 1 unspecified atom stereocenters. The monoisotopic (exact) mass is 303 g/mol. The summed E-state index contributed by atoms with van der Waals surface area (Å²) in [5, 5.41) is 2.15. The summed E-state index contributed by atoms with van der Waals surface area (Å²) in [4.78, 5) is 7.05. The highest BCUT2D eigenvalue weighted by atomic mass is 79.9. The zero-order valence-corrected chi connectivity index (χ0v) is 12.1. The lowest BCUT2D eigenvalue weighted by molar-refractivity contribution is 0.625. The van der Waals surface area contributed by atoms with Crippen LogP contribution in [0.4, 0.5) is 5.13 Å². The van der Waals surface area contributed by atoms with Gasteiger partial charge in [0.05, 0.1) is 0 Å². The average molecular weight is 304 g/mol. The number of anilines is 1. The van der Waals surface area contributed by atoms with Gasteiger partial charge in [0.15, 0.2) is 0 Å². The Balaban J connectivity index is 2.14. The number of nitrogens with zero attached hydrogens (tertiary/aromatic N) is 3. The predicted octanol–water partition coefficient (Wildman–Crippen LogP) is 3.24. The Morgan fingerprint density at radius 2 is 2.31 bits per heavy atom. The summed E-state index contributed by atoms with van der Waals surface area (Å²) < 4.78 is 4.38. The van der Waals surface area contributed by atoms with Crippen molar-refractivity contribution in [2.24, 2.45) is 0 Å². The second-order valence-electron chi connectivity index (χ2n) is 4.20. The minimum atomic E-state index is 0.597. The van der Waals surface area contributed by atoms with Crippen molar-refractivity contribution in [1.82, 2.24) is 9.36 Å². The molecule has 90 valence electrons. The fraction of sp³-hybridized carbons (Fsp3) is 0.818. The molecule has 2 rings (SSSR count). The third kappa shape index (κ3) is 2.74. The van der Waals surface area contributed by atoms with Gasteiger partial charge < -0.3 is 4.90 Å². The summed E-state index contributed by atoms with van der Waals surface area (Å²) in [5.74, 6) is 0.984. The molecule has 0 N–H and O–H groups in total. The highest BCUT2D eigenvalue weighted by Gasteiger charge is 2.22. The van der Waals surface area contributed by atoms with Crippen LogP contribution in [0.5, 0.6) is 0 Å². The van der Waals surface area contributed by atoms with Gasteiger partial charge in [0.25, 0.3) is 0 Å². The SMILES string of the molecule is CCc1nsc(N2CCCCCC2CBr)n1.